The van der Waals surface area contributed by atoms with E-state index in [2.05, 4.69) is 15.3 Å². The fraction of sp³-hybridized carbons (Fsp3) is 0.429. The van der Waals surface area contributed by atoms with E-state index in [1.54, 1.807) is 6.20 Å². The van der Waals surface area contributed by atoms with Crippen LogP contribution in [0.3, 0.4) is 0 Å². The Bertz CT molecular complexity index is 573. The molecule has 0 aliphatic carbocycles. The number of rotatable bonds is 3. The zero-order valence-electron chi connectivity index (χ0n) is 10.7. The normalized spacial score (nSPS) is 19.5. The smallest absolute Gasteiger partial charge is 0.270 e. The molecule has 5 heteroatoms. The standard InChI is InChI=1S/C14H17N3O2/c18-14(17-8-10-2-1-7-19-9-10)13-11-3-5-15-12(11)4-6-16-13/h3-6,10,15H,1-2,7-9H2,(H,17,18)/t10-/m0/s1. The molecule has 0 bridgehead atoms. The first-order valence-electron chi connectivity index (χ1n) is 6.62. The van der Waals surface area contributed by atoms with Gasteiger partial charge in [-0.2, -0.15) is 0 Å². The summed E-state index contributed by atoms with van der Waals surface area (Å²) < 4.78 is 5.41. The van der Waals surface area contributed by atoms with Crippen LogP contribution < -0.4 is 5.32 Å². The Morgan fingerprint density at radius 2 is 2.47 bits per heavy atom. The molecule has 1 aliphatic heterocycles. The van der Waals surface area contributed by atoms with Crippen molar-refractivity contribution in [3.8, 4) is 0 Å². The van der Waals surface area contributed by atoms with E-state index in [0.29, 0.717) is 18.2 Å². The van der Waals surface area contributed by atoms with Crippen molar-refractivity contribution in [2.45, 2.75) is 12.8 Å². The van der Waals surface area contributed by atoms with Gasteiger partial charge in [0, 0.05) is 36.4 Å². The fourth-order valence-electron chi connectivity index (χ4n) is 2.45. The molecule has 1 fully saturated rings. The molecule has 5 nitrogen and oxygen atoms in total. The lowest BCUT2D eigenvalue weighted by molar-refractivity contribution is 0.0536. The Labute approximate surface area is 111 Å². The molecule has 3 heterocycles. The molecule has 100 valence electrons. The van der Waals surface area contributed by atoms with Gasteiger partial charge in [-0.25, -0.2) is 0 Å². The number of ether oxygens (including phenoxy) is 1. The summed E-state index contributed by atoms with van der Waals surface area (Å²) >= 11 is 0. The highest BCUT2D eigenvalue weighted by molar-refractivity contribution is 6.04. The highest BCUT2D eigenvalue weighted by Crippen LogP contribution is 2.16. The first-order valence-corrected chi connectivity index (χ1v) is 6.62. The number of fused-ring (bicyclic) bond motifs is 1. The van der Waals surface area contributed by atoms with Gasteiger partial charge in [0.05, 0.1) is 6.61 Å². The maximum absolute atomic E-state index is 12.2. The zero-order chi connectivity index (χ0) is 13.1. The predicted molar refractivity (Wildman–Crippen MR) is 72.0 cm³/mol. The van der Waals surface area contributed by atoms with Crippen LogP contribution in [-0.4, -0.2) is 35.6 Å². The van der Waals surface area contributed by atoms with Crippen LogP contribution in [0.25, 0.3) is 10.9 Å². The molecule has 2 aromatic heterocycles. The van der Waals surface area contributed by atoms with Gasteiger partial charge >= 0.3 is 0 Å². The summed E-state index contributed by atoms with van der Waals surface area (Å²) in [6.45, 7) is 2.23. The van der Waals surface area contributed by atoms with Crippen molar-refractivity contribution in [3.05, 3.63) is 30.2 Å². The number of nitrogens with zero attached hydrogens (tertiary/aromatic N) is 1. The summed E-state index contributed by atoms with van der Waals surface area (Å²) in [7, 11) is 0. The van der Waals surface area contributed by atoms with E-state index in [-0.39, 0.29) is 5.91 Å². The average molecular weight is 259 g/mol. The van der Waals surface area contributed by atoms with Crippen LogP contribution in [0, 0.1) is 5.92 Å². The third kappa shape index (κ3) is 2.61. The fourth-order valence-corrected chi connectivity index (χ4v) is 2.45. The van der Waals surface area contributed by atoms with E-state index in [1.807, 2.05) is 18.3 Å². The minimum absolute atomic E-state index is 0.115. The quantitative estimate of drug-likeness (QED) is 0.882. The Balaban J connectivity index is 1.68. The third-order valence-electron chi connectivity index (χ3n) is 3.50. The Kier molecular flexibility index (Phi) is 3.46. The van der Waals surface area contributed by atoms with Gasteiger partial charge in [0.15, 0.2) is 0 Å². The highest BCUT2D eigenvalue weighted by atomic mass is 16.5. The maximum Gasteiger partial charge on any atom is 0.270 e. The van der Waals surface area contributed by atoms with Crippen LogP contribution in [0.5, 0.6) is 0 Å². The second-order valence-electron chi connectivity index (χ2n) is 4.89. The molecule has 0 unspecified atom stereocenters. The topological polar surface area (TPSA) is 67.0 Å². The number of carbonyl (C=O) groups excluding carboxylic acids is 1. The molecule has 19 heavy (non-hydrogen) atoms. The van der Waals surface area contributed by atoms with Crippen molar-refractivity contribution in [2.75, 3.05) is 19.8 Å². The number of hydrogen-bond donors (Lipinski definition) is 2. The van der Waals surface area contributed by atoms with Crippen LogP contribution in [0.15, 0.2) is 24.5 Å². The van der Waals surface area contributed by atoms with Gasteiger partial charge in [-0.05, 0) is 30.9 Å². The monoisotopic (exact) mass is 259 g/mol. The van der Waals surface area contributed by atoms with Crippen molar-refractivity contribution >= 4 is 16.8 Å². The number of carbonyl (C=O) groups is 1. The predicted octanol–water partition coefficient (Wildman–Crippen LogP) is 1.72. The van der Waals surface area contributed by atoms with Crippen molar-refractivity contribution in [1.82, 2.24) is 15.3 Å². The van der Waals surface area contributed by atoms with Crippen LogP contribution in [0.2, 0.25) is 0 Å². The second kappa shape index (κ2) is 5.40. The van der Waals surface area contributed by atoms with E-state index in [9.17, 15) is 4.79 Å². The summed E-state index contributed by atoms with van der Waals surface area (Å²) in [6.07, 6.45) is 5.66. The van der Waals surface area contributed by atoms with Crippen LogP contribution in [-0.2, 0) is 4.74 Å². The number of nitrogens with one attached hydrogen (secondary N) is 2. The third-order valence-corrected chi connectivity index (χ3v) is 3.50. The summed E-state index contributed by atoms with van der Waals surface area (Å²) in [5, 5.41) is 3.82. The van der Waals surface area contributed by atoms with Gasteiger partial charge in [-0.1, -0.05) is 0 Å². The maximum atomic E-state index is 12.2. The van der Waals surface area contributed by atoms with Gasteiger partial charge in [-0.3, -0.25) is 9.78 Å². The second-order valence-corrected chi connectivity index (χ2v) is 4.89. The van der Waals surface area contributed by atoms with Crippen molar-refractivity contribution in [3.63, 3.8) is 0 Å². The van der Waals surface area contributed by atoms with Crippen molar-refractivity contribution in [1.29, 1.82) is 0 Å². The van der Waals surface area contributed by atoms with Gasteiger partial charge in [0.25, 0.3) is 5.91 Å². The number of aromatic amines is 1. The lowest BCUT2D eigenvalue weighted by Crippen LogP contribution is -2.33. The van der Waals surface area contributed by atoms with Crippen molar-refractivity contribution < 1.29 is 9.53 Å². The highest BCUT2D eigenvalue weighted by Gasteiger charge is 2.17. The molecular weight excluding hydrogens is 242 g/mol. The minimum Gasteiger partial charge on any atom is -0.381 e. The van der Waals surface area contributed by atoms with E-state index < -0.39 is 0 Å². The van der Waals surface area contributed by atoms with Crippen molar-refractivity contribution in [2.24, 2.45) is 5.92 Å². The molecule has 3 rings (SSSR count). The first kappa shape index (κ1) is 12.2. The molecule has 0 aromatic carbocycles. The van der Waals surface area contributed by atoms with E-state index in [4.69, 9.17) is 4.74 Å². The summed E-state index contributed by atoms with van der Waals surface area (Å²) in [5.74, 6) is 0.305. The first-order chi connectivity index (χ1) is 9.34. The molecule has 0 radical (unpaired) electrons. The number of hydrogen-bond acceptors (Lipinski definition) is 3. The molecular formula is C14H17N3O2. The molecule has 1 amide bonds. The number of pyridine rings is 1. The number of H-pyrrole nitrogens is 1. The summed E-state index contributed by atoms with van der Waals surface area (Å²) in [6, 6.07) is 3.74. The zero-order valence-corrected chi connectivity index (χ0v) is 10.7. The van der Waals surface area contributed by atoms with E-state index in [1.165, 1.54) is 0 Å². The lowest BCUT2D eigenvalue weighted by atomic mass is 10.0. The number of aromatic nitrogens is 2. The lowest BCUT2D eigenvalue weighted by Gasteiger charge is -2.22. The molecule has 2 N–H and O–H groups in total. The van der Waals surface area contributed by atoms with Crippen LogP contribution in [0.4, 0.5) is 0 Å². The van der Waals surface area contributed by atoms with E-state index >= 15 is 0 Å². The molecule has 0 saturated carbocycles. The molecule has 0 spiro atoms. The van der Waals surface area contributed by atoms with Crippen LogP contribution >= 0.6 is 0 Å². The molecule has 1 aliphatic rings. The van der Waals surface area contributed by atoms with E-state index in [0.717, 1.165) is 37.0 Å². The van der Waals surface area contributed by atoms with Gasteiger partial charge in [-0.15, -0.1) is 0 Å². The molecule has 2 aromatic rings. The molecule has 1 saturated heterocycles. The van der Waals surface area contributed by atoms with Crippen LogP contribution in [0.1, 0.15) is 23.3 Å². The van der Waals surface area contributed by atoms with Gasteiger partial charge in [0.1, 0.15) is 5.69 Å². The van der Waals surface area contributed by atoms with Gasteiger partial charge < -0.3 is 15.0 Å². The summed E-state index contributed by atoms with van der Waals surface area (Å²) in [5.41, 5.74) is 1.41. The Hall–Kier alpha value is -1.88. The Morgan fingerprint density at radius 3 is 3.32 bits per heavy atom. The minimum atomic E-state index is -0.115. The van der Waals surface area contributed by atoms with Gasteiger partial charge in [0.2, 0.25) is 0 Å². The summed E-state index contributed by atoms with van der Waals surface area (Å²) in [4.78, 5) is 19.4. The molecule has 1 atom stereocenters. The SMILES string of the molecule is O=C(NC[C@@H]1CCCOC1)c1nccc2[nH]ccc12. The number of amides is 1. The largest absolute Gasteiger partial charge is 0.381 e. The Morgan fingerprint density at radius 1 is 1.53 bits per heavy atom. The average Bonchev–Trinajstić information content (AvgIpc) is 2.94.